The molecule has 0 aliphatic rings. The molecule has 12 heavy (non-hydrogen) atoms. The minimum absolute atomic E-state index is 0.795. The number of aromatic nitrogens is 1. The monoisotopic (exact) mass is 179 g/mol. The fraction of sp³-hybridized carbons (Fsp3) is 0.111. The van der Waals surface area contributed by atoms with E-state index < -0.39 is 0 Å². The molecule has 0 spiro atoms. The molecule has 0 unspecified atom stereocenters. The SMILES string of the molecule is Cn1cc2ccccc2c1SO. The van der Waals surface area contributed by atoms with Crippen LogP contribution >= 0.6 is 12.0 Å². The Bertz CT molecular complexity index is 408. The molecule has 0 aliphatic heterocycles. The summed E-state index contributed by atoms with van der Waals surface area (Å²) in [6, 6.07) is 8.01. The normalized spacial score (nSPS) is 10.8. The Morgan fingerprint density at radius 1 is 1.33 bits per heavy atom. The molecule has 0 radical (unpaired) electrons. The summed E-state index contributed by atoms with van der Waals surface area (Å²) in [5.41, 5.74) is 0. The van der Waals surface area contributed by atoms with Crippen molar-refractivity contribution >= 4 is 22.8 Å². The van der Waals surface area contributed by atoms with E-state index in [1.807, 2.05) is 42.1 Å². The molecule has 1 heterocycles. The molecular weight excluding hydrogens is 170 g/mol. The maximum atomic E-state index is 9.00. The van der Waals surface area contributed by atoms with Crippen molar-refractivity contribution in [1.29, 1.82) is 0 Å². The summed E-state index contributed by atoms with van der Waals surface area (Å²) in [6.07, 6.45) is 2.01. The second-order valence-corrected chi connectivity index (χ2v) is 3.29. The summed E-state index contributed by atoms with van der Waals surface area (Å²) < 4.78 is 10.9. The molecule has 1 aromatic carbocycles. The fourth-order valence-corrected chi connectivity index (χ4v) is 1.84. The molecule has 0 aliphatic carbocycles. The zero-order chi connectivity index (χ0) is 8.55. The molecule has 0 atom stereocenters. The van der Waals surface area contributed by atoms with Gasteiger partial charge < -0.3 is 9.12 Å². The lowest BCUT2D eigenvalue weighted by molar-refractivity contribution is 0.653. The molecular formula is C9H9NOS. The molecule has 0 bridgehead atoms. The van der Waals surface area contributed by atoms with Gasteiger partial charge in [-0.2, -0.15) is 0 Å². The zero-order valence-corrected chi connectivity index (χ0v) is 7.51. The lowest BCUT2D eigenvalue weighted by Crippen LogP contribution is -1.85. The Hall–Kier alpha value is -0.930. The van der Waals surface area contributed by atoms with E-state index in [0.717, 1.165) is 27.8 Å². The Morgan fingerprint density at radius 3 is 2.83 bits per heavy atom. The van der Waals surface area contributed by atoms with Crippen LogP contribution in [-0.2, 0) is 7.05 Å². The molecule has 62 valence electrons. The summed E-state index contributed by atoms with van der Waals surface area (Å²) >= 11 is 0.795. The van der Waals surface area contributed by atoms with Gasteiger partial charge in [0.15, 0.2) is 0 Å². The van der Waals surface area contributed by atoms with Gasteiger partial charge in [-0.15, -0.1) is 0 Å². The quantitative estimate of drug-likeness (QED) is 0.681. The van der Waals surface area contributed by atoms with Crippen molar-refractivity contribution in [1.82, 2.24) is 4.57 Å². The number of aryl methyl sites for hydroxylation is 1. The van der Waals surface area contributed by atoms with Crippen LogP contribution in [0.15, 0.2) is 35.5 Å². The highest BCUT2D eigenvalue weighted by Crippen LogP contribution is 2.26. The van der Waals surface area contributed by atoms with Gasteiger partial charge in [0.1, 0.15) is 5.03 Å². The van der Waals surface area contributed by atoms with Crippen LogP contribution in [0.1, 0.15) is 0 Å². The highest BCUT2D eigenvalue weighted by atomic mass is 32.2. The predicted octanol–water partition coefficient (Wildman–Crippen LogP) is 2.74. The van der Waals surface area contributed by atoms with Gasteiger partial charge in [0.05, 0.1) is 0 Å². The molecule has 0 saturated carbocycles. The smallest absolute Gasteiger partial charge is 0.110 e. The van der Waals surface area contributed by atoms with Crippen LogP contribution in [0.25, 0.3) is 10.8 Å². The summed E-state index contributed by atoms with van der Waals surface area (Å²) in [7, 11) is 1.93. The second-order valence-electron chi connectivity index (χ2n) is 2.72. The summed E-state index contributed by atoms with van der Waals surface area (Å²) in [4.78, 5) is 0. The highest BCUT2D eigenvalue weighted by Gasteiger charge is 2.04. The standard InChI is InChI=1S/C9H9NOS/c1-10-6-7-4-2-3-5-8(7)9(10)12-11/h2-6,11H,1H3. The van der Waals surface area contributed by atoms with Crippen molar-refractivity contribution in [3.8, 4) is 0 Å². The molecule has 2 nitrogen and oxygen atoms in total. The number of nitrogens with zero attached hydrogens (tertiary/aromatic N) is 1. The van der Waals surface area contributed by atoms with E-state index in [-0.39, 0.29) is 0 Å². The molecule has 0 fully saturated rings. The molecule has 0 saturated heterocycles. The number of hydrogen-bond donors (Lipinski definition) is 1. The first kappa shape index (κ1) is 7.71. The largest absolute Gasteiger partial charge is 0.343 e. The zero-order valence-electron chi connectivity index (χ0n) is 6.69. The van der Waals surface area contributed by atoms with Crippen molar-refractivity contribution in [2.24, 2.45) is 7.05 Å². The second kappa shape index (κ2) is 2.84. The topological polar surface area (TPSA) is 25.2 Å². The summed E-state index contributed by atoms with van der Waals surface area (Å²) in [5, 5.41) is 3.16. The third-order valence-corrected chi connectivity index (χ3v) is 2.61. The van der Waals surface area contributed by atoms with Crippen LogP contribution in [0.4, 0.5) is 0 Å². The summed E-state index contributed by atoms with van der Waals surface area (Å²) in [6.45, 7) is 0. The van der Waals surface area contributed by atoms with E-state index in [1.54, 1.807) is 0 Å². The minimum atomic E-state index is 0.795. The molecule has 2 aromatic rings. The first-order chi connectivity index (χ1) is 5.83. The van der Waals surface area contributed by atoms with Gasteiger partial charge in [-0.1, -0.05) is 24.3 Å². The van der Waals surface area contributed by atoms with Gasteiger partial charge in [-0.25, -0.2) is 0 Å². The van der Waals surface area contributed by atoms with Crippen LogP contribution in [0, 0.1) is 0 Å². The Kier molecular flexibility index (Phi) is 1.83. The van der Waals surface area contributed by atoms with Gasteiger partial charge in [-0.3, -0.25) is 0 Å². The lowest BCUT2D eigenvalue weighted by Gasteiger charge is -1.95. The summed E-state index contributed by atoms with van der Waals surface area (Å²) in [5.74, 6) is 0. The fourth-order valence-electron chi connectivity index (χ4n) is 1.38. The Balaban J connectivity index is 2.81. The number of hydrogen-bond acceptors (Lipinski definition) is 2. The van der Waals surface area contributed by atoms with Crippen molar-refractivity contribution < 1.29 is 4.55 Å². The third kappa shape index (κ3) is 1.02. The molecule has 0 amide bonds. The van der Waals surface area contributed by atoms with E-state index in [0.29, 0.717) is 0 Å². The number of benzene rings is 1. The molecule has 3 heteroatoms. The maximum absolute atomic E-state index is 9.00. The van der Waals surface area contributed by atoms with E-state index >= 15 is 0 Å². The average molecular weight is 179 g/mol. The predicted molar refractivity (Wildman–Crippen MR) is 51.4 cm³/mol. The number of fused-ring (bicyclic) bond motifs is 1. The average Bonchev–Trinajstić information content (AvgIpc) is 2.40. The third-order valence-electron chi connectivity index (χ3n) is 1.93. The van der Waals surface area contributed by atoms with E-state index in [4.69, 9.17) is 4.55 Å². The van der Waals surface area contributed by atoms with Gasteiger partial charge in [0.25, 0.3) is 0 Å². The first-order valence-electron chi connectivity index (χ1n) is 3.68. The maximum Gasteiger partial charge on any atom is 0.110 e. The molecule has 1 aromatic heterocycles. The van der Waals surface area contributed by atoms with Crippen molar-refractivity contribution in [2.45, 2.75) is 5.03 Å². The van der Waals surface area contributed by atoms with Crippen molar-refractivity contribution in [3.63, 3.8) is 0 Å². The van der Waals surface area contributed by atoms with Gasteiger partial charge >= 0.3 is 0 Å². The number of rotatable bonds is 1. The minimum Gasteiger partial charge on any atom is -0.343 e. The van der Waals surface area contributed by atoms with Crippen LogP contribution < -0.4 is 0 Å². The highest BCUT2D eigenvalue weighted by molar-refractivity contribution is 7.93. The van der Waals surface area contributed by atoms with E-state index in [2.05, 4.69) is 0 Å². The van der Waals surface area contributed by atoms with Crippen LogP contribution in [-0.4, -0.2) is 9.12 Å². The van der Waals surface area contributed by atoms with Gasteiger partial charge in [-0.05, 0) is 0 Å². The van der Waals surface area contributed by atoms with Gasteiger partial charge in [0.2, 0.25) is 0 Å². The van der Waals surface area contributed by atoms with Crippen LogP contribution in [0.2, 0.25) is 0 Å². The Labute approximate surface area is 75.0 Å². The van der Waals surface area contributed by atoms with Gasteiger partial charge in [0, 0.05) is 36.1 Å². The van der Waals surface area contributed by atoms with Crippen molar-refractivity contribution in [2.75, 3.05) is 0 Å². The van der Waals surface area contributed by atoms with E-state index in [9.17, 15) is 0 Å². The van der Waals surface area contributed by atoms with Crippen molar-refractivity contribution in [3.05, 3.63) is 30.5 Å². The van der Waals surface area contributed by atoms with Crippen LogP contribution in [0.5, 0.6) is 0 Å². The van der Waals surface area contributed by atoms with Crippen LogP contribution in [0.3, 0.4) is 0 Å². The Morgan fingerprint density at radius 2 is 2.08 bits per heavy atom. The molecule has 2 rings (SSSR count). The lowest BCUT2D eigenvalue weighted by atomic mass is 10.2. The van der Waals surface area contributed by atoms with E-state index in [1.165, 1.54) is 0 Å². The molecule has 1 N–H and O–H groups in total. The first-order valence-corrected chi connectivity index (χ1v) is 4.46.